The summed E-state index contributed by atoms with van der Waals surface area (Å²) in [7, 11) is 0. The Hall–Kier alpha value is -2.63. The minimum absolute atomic E-state index is 0.0788. The first-order valence-electron chi connectivity index (χ1n) is 29.6. The first-order valence-corrected chi connectivity index (χ1v) is 29.6. The van der Waals surface area contributed by atoms with Crippen LogP contribution in [-0.4, -0.2) is 37.2 Å². The van der Waals surface area contributed by atoms with Gasteiger partial charge in [-0.05, 0) is 83.5 Å². The Kier molecular flexibility index (Phi) is 54.8. The van der Waals surface area contributed by atoms with Crippen molar-refractivity contribution in [1.82, 2.24) is 0 Å². The van der Waals surface area contributed by atoms with Crippen LogP contribution in [0.15, 0.2) is 48.6 Å². The van der Waals surface area contributed by atoms with E-state index < -0.39 is 6.10 Å². The van der Waals surface area contributed by atoms with Gasteiger partial charge < -0.3 is 14.2 Å². The van der Waals surface area contributed by atoms with Gasteiger partial charge in [0.15, 0.2) is 6.10 Å². The first kappa shape index (κ1) is 65.4. The molecule has 0 saturated carbocycles. The number of allylic oxidation sites excluding steroid dienone is 8. The number of ether oxygens (including phenoxy) is 3. The molecule has 0 fully saturated rings. The van der Waals surface area contributed by atoms with Crippen molar-refractivity contribution < 1.29 is 28.6 Å². The van der Waals surface area contributed by atoms with E-state index in [1.54, 1.807) is 0 Å². The molecule has 0 radical (unpaired) electrons. The zero-order valence-electron chi connectivity index (χ0n) is 45.4. The highest BCUT2D eigenvalue weighted by Crippen LogP contribution is 2.16. The van der Waals surface area contributed by atoms with Crippen LogP contribution in [0.1, 0.15) is 310 Å². The summed E-state index contributed by atoms with van der Waals surface area (Å²) < 4.78 is 16.9. The lowest BCUT2D eigenvalue weighted by Gasteiger charge is -2.18. The van der Waals surface area contributed by atoms with Crippen molar-refractivity contribution in [3.63, 3.8) is 0 Å². The second kappa shape index (κ2) is 57.0. The Morgan fingerprint density at radius 2 is 0.529 bits per heavy atom. The van der Waals surface area contributed by atoms with Crippen LogP contribution in [-0.2, 0) is 28.6 Å². The molecule has 0 rings (SSSR count). The zero-order valence-corrected chi connectivity index (χ0v) is 45.4. The highest BCUT2D eigenvalue weighted by atomic mass is 16.6. The molecule has 0 aromatic heterocycles. The minimum Gasteiger partial charge on any atom is -0.462 e. The summed E-state index contributed by atoms with van der Waals surface area (Å²) in [5.74, 6) is -0.883. The van der Waals surface area contributed by atoms with E-state index in [1.165, 1.54) is 186 Å². The highest BCUT2D eigenvalue weighted by molar-refractivity contribution is 5.71. The quantitative estimate of drug-likeness (QED) is 0.0262. The van der Waals surface area contributed by atoms with Gasteiger partial charge in [0.2, 0.25) is 0 Å². The monoisotopic (exact) mass is 953 g/mol. The van der Waals surface area contributed by atoms with Crippen molar-refractivity contribution in [2.45, 2.75) is 316 Å². The van der Waals surface area contributed by atoms with Crippen molar-refractivity contribution in [3.8, 4) is 0 Å². The Balaban J connectivity index is 4.37. The molecule has 0 spiro atoms. The molecule has 1 unspecified atom stereocenters. The number of hydrogen-bond acceptors (Lipinski definition) is 6. The van der Waals surface area contributed by atoms with E-state index in [2.05, 4.69) is 69.4 Å². The highest BCUT2D eigenvalue weighted by Gasteiger charge is 2.19. The second-order valence-electron chi connectivity index (χ2n) is 19.9. The van der Waals surface area contributed by atoms with Crippen LogP contribution in [0.4, 0.5) is 0 Å². The molecule has 0 aliphatic carbocycles. The summed E-state index contributed by atoms with van der Waals surface area (Å²) in [5.41, 5.74) is 0. The van der Waals surface area contributed by atoms with Crippen LogP contribution in [0.2, 0.25) is 0 Å². The van der Waals surface area contributed by atoms with E-state index in [0.717, 1.165) is 83.5 Å². The summed E-state index contributed by atoms with van der Waals surface area (Å²) in [6.45, 7) is 6.62. The minimum atomic E-state index is -0.780. The third-order valence-electron chi connectivity index (χ3n) is 13.1. The third-order valence-corrected chi connectivity index (χ3v) is 13.1. The summed E-state index contributed by atoms with van der Waals surface area (Å²) in [6.07, 6.45) is 69.5. The summed E-state index contributed by atoms with van der Waals surface area (Å²) in [6, 6.07) is 0. The summed E-state index contributed by atoms with van der Waals surface area (Å²) in [4.78, 5) is 38.2. The topological polar surface area (TPSA) is 78.9 Å². The second-order valence-corrected chi connectivity index (χ2v) is 19.9. The molecule has 0 heterocycles. The molecule has 0 bridgehead atoms. The smallest absolute Gasteiger partial charge is 0.306 e. The Labute approximate surface area is 422 Å². The normalized spacial score (nSPS) is 12.3. The van der Waals surface area contributed by atoms with Crippen LogP contribution in [0.3, 0.4) is 0 Å². The lowest BCUT2D eigenvalue weighted by molar-refractivity contribution is -0.167. The molecule has 0 N–H and O–H groups in total. The van der Waals surface area contributed by atoms with Gasteiger partial charge in [-0.25, -0.2) is 0 Å². The maximum atomic E-state index is 12.9. The maximum Gasteiger partial charge on any atom is 0.306 e. The van der Waals surface area contributed by atoms with Gasteiger partial charge in [0.25, 0.3) is 0 Å². The molecular formula is C62H112O6. The average Bonchev–Trinajstić information content (AvgIpc) is 3.34. The fraction of sp³-hybridized carbons (Fsp3) is 0.823. The molecule has 6 heteroatoms. The fourth-order valence-corrected chi connectivity index (χ4v) is 8.56. The van der Waals surface area contributed by atoms with Gasteiger partial charge in [0.1, 0.15) is 13.2 Å². The van der Waals surface area contributed by atoms with E-state index in [-0.39, 0.29) is 31.1 Å². The zero-order chi connectivity index (χ0) is 49.3. The number of unbranched alkanes of at least 4 members (excludes halogenated alkanes) is 35. The third kappa shape index (κ3) is 54.3. The number of rotatable bonds is 54. The van der Waals surface area contributed by atoms with Crippen LogP contribution in [0, 0.1) is 0 Å². The maximum absolute atomic E-state index is 12.9. The predicted octanol–water partition coefficient (Wildman–Crippen LogP) is 19.8. The van der Waals surface area contributed by atoms with Gasteiger partial charge in [-0.2, -0.15) is 0 Å². The van der Waals surface area contributed by atoms with Crippen molar-refractivity contribution in [2.75, 3.05) is 13.2 Å². The van der Waals surface area contributed by atoms with Crippen molar-refractivity contribution >= 4 is 17.9 Å². The van der Waals surface area contributed by atoms with E-state index in [1.807, 2.05) is 0 Å². The number of carbonyl (C=O) groups excluding carboxylic acids is 3. The van der Waals surface area contributed by atoms with Gasteiger partial charge in [-0.3, -0.25) is 14.4 Å². The molecule has 0 aliphatic heterocycles. The molecule has 68 heavy (non-hydrogen) atoms. The molecule has 0 aromatic rings. The molecule has 396 valence electrons. The number of hydrogen-bond donors (Lipinski definition) is 0. The van der Waals surface area contributed by atoms with Crippen LogP contribution in [0.5, 0.6) is 0 Å². The Morgan fingerprint density at radius 1 is 0.294 bits per heavy atom. The number of esters is 3. The SMILES string of the molecule is CCCCC/C=C\C/C=C\C/C=C\CCCCCCCCC(=O)OCC(COC(=O)CCCCCCC/C=C\CCCCCCC)OC(=O)CCCCCCCCCCCCCCCCCCC. The summed E-state index contributed by atoms with van der Waals surface area (Å²) in [5, 5.41) is 0. The molecule has 1 atom stereocenters. The van der Waals surface area contributed by atoms with Crippen molar-refractivity contribution in [2.24, 2.45) is 0 Å². The van der Waals surface area contributed by atoms with E-state index >= 15 is 0 Å². The standard InChI is InChI=1S/C62H112O6/c1-4-7-10-13-16-19-22-25-28-30-31-33-34-37-40-43-46-49-52-55-61(64)67-58-59(57-66-60(63)54-51-48-45-42-39-36-27-24-21-18-15-12-9-6-3)68-62(65)56-53-50-47-44-41-38-35-32-29-26-23-20-17-14-11-8-5-2/h16,19,24-25,27-28,31,33,59H,4-15,17-18,20-23,26,29-30,32,34-58H2,1-3H3/b19-16-,27-24-,28-25-,33-31-. The fourth-order valence-electron chi connectivity index (χ4n) is 8.56. The molecule has 0 aliphatic rings. The average molecular weight is 954 g/mol. The molecule has 0 saturated heterocycles. The predicted molar refractivity (Wildman–Crippen MR) is 293 cm³/mol. The van der Waals surface area contributed by atoms with Gasteiger partial charge >= 0.3 is 17.9 Å². The van der Waals surface area contributed by atoms with E-state index in [0.29, 0.717) is 19.3 Å². The Bertz CT molecular complexity index is 1190. The van der Waals surface area contributed by atoms with Crippen molar-refractivity contribution in [1.29, 1.82) is 0 Å². The van der Waals surface area contributed by atoms with Gasteiger partial charge in [0.05, 0.1) is 0 Å². The van der Waals surface area contributed by atoms with E-state index in [9.17, 15) is 14.4 Å². The van der Waals surface area contributed by atoms with Gasteiger partial charge in [-0.1, -0.05) is 256 Å². The lowest BCUT2D eigenvalue weighted by Crippen LogP contribution is -2.30. The van der Waals surface area contributed by atoms with Gasteiger partial charge in [-0.15, -0.1) is 0 Å². The molecular weight excluding hydrogens is 841 g/mol. The van der Waals surface area contributed by atoms with Gasteiger partial charge in [0, 0.05) is 19.3 Å². The lowest BCUT2D eigenvalue weighted by atomic mass is 10.0. The summed E-state index contributed by atoms with van der Waals surface area (Å²) >= 11 is 0. The van der Waals surface area contributed by atoms with Crippen molar-refractivity contribution in [3.05, 3.63) is 48.6 Å². The Morgan fingerprint density at radius 3 is 0.868 bits per heavy atom. The largest absolute Gasteiger partial charge is 0.462 e. The molecule has 0 aromatic carbocycles. The van der Waals surface area contributed by atoms with Crippen LogP contribution < -0.4 is 0 Å². The van der Waals surface area contributed by atoms with E-state index in [4.69, 9.17) is 14.2 Å². The van der Waals surface area contributed by atoms with Crippen LogP contribution in [0.25, 0.3) is 0 Å². The molecule has 0 amide bonds. The number of carbonyl (C=O) groups is 3. The first-order chi connectivity index (χ1) is 33.5. The van der Waals surface area contributed by atoms with Crippen LogP contribution >= 0.6 is 0 Å². The molecule has 6 nitrogen and oxygen atoms in total.